The van der Waals surface area contributed by atoms with Gasteiger partial charge in [-0.1, -0.05) is 42.5 Å². The van der Waals surface area contributed by atoms with Crippen LogP contribution in [0.2, 0.25) is 0 Å². The Bertz CT molecular complexity index is 522. The van der Waals surface area contributed by atoms with Gasteiger partial charge in [-0.3, -0.25) is 0 Å². The maximum atomic E-state index is 13.6. The van der Waals surface area contributed by atoms with E-state index in [4.69, 9.17) is 5.73 Å². The minimum absolute atomic E-state index is 0.0512. The molecule has 3 heteroatoms. The molecule has 2 aromatic rings. The number of hydrogen-bond acceptors (Lipinski definition) is 2. The average Bonchev–Trinajstić information content (AvgIpc) is 2.38. The van der Waals surface area contributed by atoms with Crippen LogP contribution >= 0.6 is 0 Å². The van der Waals surface area contributed by atoms with Crippen molar-refractivity contribution >= 4 is 0 Å². The van der Waals surface area contributed by atoms with E-state index in [0.29, 0.717) is 5.56 Å². The molecule has 94 valence electrons. The second-order valence-corrected chi connectivity index (χ2v) is 4.38. The van der Waals surface area contributed by atoms with Crippen LogP contribution in [0.15, 0.2) is 48.5 Å². The van der Waals surface area contributed by atoms with E-state index in [2.05, 4.69) is 0 Å². The second kappa shape index (κ2) is 5.29. The van der Waals surface area contributed by atoms with Gasteiger partial charge in [-0.25, -0.2) is 4.39 Å². The van der Waals surface area contributed by atoms with Gasteiger partial charge < -0.3 is 10.8 Å². The zero-order valence-electron chi connectivity index (χ0n) is 10.2. The van der Waals surface area contributed by atoms with E-state index in [1.54, 1.807) is 30.3 Å². The second-order valence-electron chi connectivity index (χ2n) is 4.38. The highest BCUT2D eigenvalue weighted by Crippen LogP contribution is 2.25. The summed E-state index contributed by atoms with van der Waals surface area (Å²) in [6, 6.07) is 13.4. The van der Waals surface area contributed by atoms with Crippen molar-refractivity contribution in [3.05, 3.63) is 71.0 Å². The molecule has 0 saturated carbocycles. The van der Waals surface area contributed by atoms with Crippen molar-refractivity contribution in [1.29, 1.82) is 0 Å². The number of benzene rings is 2. The Morgan fingerprint density at radius 2 is 1.56 bits per heavy atom. The summed E-state index contributed by atoms with van der Waals surface area (Å²) in [7, 11) is 0. The molecule has 0 aliphatic heterocycles. The third-order valence-electron chi connectivity index (χ3n) is 2.98. The van der Waals surface area contributed by atoms with Gasteiger partial charge in [0.1, 0.15) is 11.9 Å². The molecule has 0 spiro atoms. The van der Waals surface area contributed by atoms with E-state index in [0.717, 1.165) is 5.56 Å². The molecule has 0 fully saturated rings. The van der Waals surface area contributed by atoms with Gasteiger partial charge in [-0.2, -0.15) is 0 Å². The van der Waals surface area contributed by atoms with Crippen molar-refractivity contribution in [1.82, 2.24) is 0 Å². The third-order valence-corrected chi connectivity index (χ3v) is 2.98. The zero-order chi connectivity index (χ0) is 13.1. The third kappa shape index (κ3) is 2.58. The van der Waals surface area contributed by atoms with Crippen molar-refractivity contribution in [2.24, 2.45) is 5.73 Å². The molecule has 0 saturated heterocycles. The van der Waals surface area contributed by atoms with Crippen LogP contribution in [0.5, 0.6) is 0 Å². The molecule has 18 heavy (non-hydrogen) atoms. The Morgan fingerprint density at radius 1 is 1.00 bits per heavy atom. The largest absolute Gasteiger partial charge is 0.384 e. The lowest BCUT2D eigenvalue weighted by Crippen LogP contribution is -2.06. The number of aliphatic hydroxyl groups excluding tert-OH is 1. The highest BCUT2D eigenvalue weighted by atomic mass is 19.1. The molecule has 2 nitrogen and oxygen atoms in total. The van der Waals surface area contributed by atoms with Crippen molar-refractivity contribution in [2.75, 3.05) is 0 Å². The first-order chi connectivity index (χ1) is 8.59. The number of nitrogens with two attached hydrogens (primary N) is 1. The maximum Gasteiger partial charge on any atom is 0.129 e. The predicted molar refractivity (Wildman–Crippen MR) is 69.5 cm³/mol. The molecule has 2 atom stereocenters. The minimum atomic E-state index is -0.951. The summed E-state index contributed by atoms with van der Waals surface area (Å²) in [6.45, 7) is 1.89. The topological polar surface area (TPSA) is 46.2 Å². The fourth-order valence-corrected chi connectivity index (χ4v) is 1.86. The Hall–Kier alpha value is -1.71. The Balaban J connectivity index is 2.29. The van der Waals surface area contributed by atoms with E-state index in [9.17, 15) is 9.50 Å². The molecule has 0 heterocycles. The van der Waals surface area contributed by atoms with Gasteiger partial charge >= 0.3 is 0 Å². The molecule has 0 aromatic heterocycles. The Kier molecular flexibility index (Phi) is 3.75. The average molecular weight is 245 g/mol. The fourth-order valence-electron chi connectivity index (χ4n) is 1.86. The van der Waals surface area contributed by atoms with Crippen molar-refractivity contribution < 1.29 is 9.50 Å². The van der Waals surface area contributed by atoms with Crippen molar-refractivity contribution in [2.45, 2.75) is 19.1 Å². The van der Waals surface area contributed by atoms with E-state index in [1.165, 1.54) is 6.07 Å². The molecule has 0 aliphatic carbocycles. The maximum absolute atomic E-state index is 13.6. The van der Waals surface area contributed by atoms with E-state index in [1.807, 2.05) is 19.1 Å². The van der Waals surface area contributed by atoms with Crippen LogP contribution in [0.3, 0.4) is 0 Å². The van der Waals surface area contributed by atoms with Crippen molar-refractivity contribution in [3.8, 4) is 0 Å². The molecule has 0 radical (unpaired) electrons. The normalized spacial score (nSPS) is 14.2. The van der Waals surface area contributed by atoms with Crippen LogP contribution < -0.4 is 5.73 Å². The standard InChI is InChI=1S/C15H16FNO/c1-10(17)11-6-8-12(9-7-11)15(18)13-4-2-3-5-14(13)16/h2-10,15,18H,17H2,1H3. The molecule has 0 aliphatic rings. The lowest BCUT2D eigenvalue weighted by atomic mass is 9.99. The van der Waals surface area contributed by atoms with Crippen LogP contribution in [-0.4, -0.2) is 5.11 Å². The summed E-state index contributed by atoms with van der Waals surface area (Å²) in [5.74, 6) is -0.402. The fraction of sp³-hybridized carbons (Fsp3) is 0.200. The van der Waals surface area contributed by atoms with Gasteiger partial charge in [-0.15, -0.1) is 0 Å². The van der Waals surface area contributed by atoms with E-state index < -0.39 is 11.9 Å². The van der Waals surface area contributed by atoms with Crippen molar-refractivity contribution in [3.63, 3.8) is 0 Å². The zero-order valence-corrected chi connectivity index (χ0v) is 10.2. The van der Waals surface area contributed by atoms with Gasteiger partial charge in [0.05, 0.1) is 0 Å². The van der Waals surface area contributed by atoms with Crippen LogP contribution in [0, 0.1) is 5.82 Å². The Labute approximate surface area is 106 Å². The lowest BCUT2D eigenvalue weighted by Gasteiger charge is -2.13. The quantitative estimate of drug-likeness (QED) is 0.873. The monoisotopic (exact) mass is 245 g/mol. The smallest absolute Gasteiger partial charge is 0.129 e. The summed E-state index contributed by atoms with van der Waals surface area (Å²) in [5, 5.41) is 10.1. The number of halogens is 1. The summed E-state index contributed by atoms with van der Waals surface area (Å²) < 4.78 is 13.6. The van der Waals surface area contributed by atoms with Gasteiger partial charge in [0.2, 0.25) is 0 Å². The molecule has 0 bridgehead atoms. The molecular formula is C15H16FNO. The molecule has 2 rings (SSSR count). The Morgan fingerprint density at radius 3 is 2.11 bits per heavy atom. The SMILES string of the molecule is CC(N)c1ccc(C(O)c2ccccc2F)cc1. The molecule has 2 aromatic carbocycles. The number of aliphatic hydroxyl groups is 1. The molecule has 0 amide bonds. The van der Waals surface area contributed by atoms with Crippen LogP contribution in [-0.2, 0) is 0 Å². The summed E-state index contributed by atoms with van der Waals surface area (Å²) >= 11 is 0. The highest BCUT2D eigenvalue weighted by molar-refractivity contribution is 5.33. The van der Waals surface area contributed by atoms with Crippen LogP contribution in [0.25, 0.3) is 0 Å². The van der Waals surface area contributed by atoms with Gasteiger partial charge in [0.25, 0.3) is 0 Å². The molecule has 3 N–H and O–H groups in total. The predicted octanol–water partition coefficient (Wildman–Crippen LogP) is 2.93. The first-order valence-electron chi connectivity index (χ1n) is 5.87. The van der Waals surface area contributed by atoms with Crippen LogP contribution in [0.4, 0.5) is 4.39 Å². The van der Waals surface area contributed by atoms with Gasteiger partial charge in [0, 0.05) is 11.6 Å². The van der Waals surface area contributed by atoms with E-state index >= 15 is 0 Å². The minimum Gasteiger partial charge on any atom is -0.384 e. The highest BCUT2D eigenvalue weighted by Gasteiger charge is 2.14. The molecule has 2 unspecified atom stereocenters. The van der Waals surface area contributed by atoms with Gasteiger partial charge in [0.15, 0.2) is 0 Å². The van der Waals surface area contributed by atoms with Gasteiger partial charge in [-0.05, 0) is 24.1 Å². The van der Waals surface area contributed by atoms with Crippen LogP contribution in [0.1, 0.15) is 35.8 Å². The first-order valence-corrected chi connectivity index (χ1v) is 5.87. The summed E-state index contributed by atoms with van der Waals surface area (Å²) in [6.07, 6.45) is -0.951. The summed E-state index contributed by atoms with van der Waals surface area (Å²) in [4.78, 5) is 0. The first kappa shape index (κ1) is 12.7. The lowest BCUT2D eigenvalue weighted by molar-refractivity contribution is 0.215. The summed E-state index contributed by atoms with van der Waals surface area (Å²) in [5.41, 5.74) is 7.68. The van der Waals surface area contributed by atoms with E-state index in [-0.39, 0.29) is 11.6 Å². The number of rotatable bonds is 3. The number of hydrogen-bond donors (Lipinski definition) is 2. The molecular weight excluding hydrogens is 229 g/mol.